The number of nitrogens with one attached hydrogen (secondary N) is 4. The summed E-state index contributed by atoms with van der Waals surface area (Å²) < 4.78 is 39.8. The van der Waals surface area contributed by atoms with E-state index in [1.807, 2.05) is 0 Å². The van der Waals surface area contributed by atoms with Crippen molar-refractivity contribution < 1.29 is 32.7 Å². The molecule has 0 saturated heterocycles. The number of amides is 4. The van der Waals surface area contributed by atoms with Gasteiger partial charge in [-0.05, 0) is 89.2 Å². The van der Waals surface area contributed by atoms with Gasteiger partial charge in [0, 0.05) is 25.2 Å². The Kier molecular flexibility index (Phi) is 14.6. The van der Waals surface area contributed by atoms with Gasteiger partial charge in [0.25, 0.3) is 5.91 Å². The minimum atomic E-state index is -4.71. The van der Waals surface area contributed by atoms with Crippen LogP contribution < -0.4 is 21.3 Å². The first-order valence-electron chi connectivity index (χ1n) is 15.0. The Hall–Kier alpha value is -3.64. The van der Waals surface area contributed by atoms with Gasteiger partial charge in [0.2, 0.25) is 5.91 Å². The fraction of sp³-hybridized carbons (Fsp3) is 0.531. The van der Waals surface area contributed by atoms with Crippen LogP contribution in [0.4, 0.5) is 23.7 Å². The molecule has 5 N–H and O–H groups in total. The number of aliphatic hydroxyl groups excluding tert-OH is 1. The van der Waals surface area contributed by atoms with E-state index in [2.05, 4.69) is 71.2 Å². The molecule has 0 aliphatic heterocycles. The molecule has 0 radical (unpaired) electrons. The second-order valence-corrected chi connectivity index (χ2v) is 11.4. The maximum atomic E-state index is 13.3. The predicted molar refractivity (Wildman–Crippen MR) is 165 cm³/mol. The van der Waals surface area contributed by atoms with Crippen LogP contribution in [0.5, 0.6) is 0 Å². The fourth-order valence-corrected chi connectivity index (χ4v) is 4.42. The standard InChI is InChI=1S/C32H46F3N5O4/c1-6-23-10-12-24(13-11-23)20-40(22(4)5)16-8-7-9-26(41)18-36-29(42)19-37-30(43)27-17-25(32(33,34)35)14-15-28(27)39-31(44)38-21(2)3/h10-15,17,21-22,26,41H,6-9,16,18-20H2,1-5H3,(H,36,42)(H,37,43)(H2,38,39,44). The van der Waals surface area contributed by atoms with E-state index in [4.69, 9.17) is 0 Å². The summed E-state index contributed by atoms with van der Waals surface area (Å²) in [6.45, 7) is 11.0. The lowest BCUT2D eigenvalue weighted by atomic mass is 10.1. The van der Waals surface area contributed by atoms with Gasteiger partial charge in [-0.15, -0.1) is 0 Å². The molecule has 0 aliphatic rings. The molecule has 244 valence electrons. The van der Waals surface area contributed by atoms with Crippen LogP contribution >= 0.6 is 0 Å². The molecule has 2 aromatic carbocycles. The van der Waals surface area contributed by atoms with Crippen molar-refractivity contribution in [1.82, 2.24) is 20.9 Å². The number of unbranched alkanes of at least 4 members (excludes halogenated alkanes) is 1. The maximum absolute atomic E-state index is 13.3. The molecule has 2 aromatic rings. The molecule has 2 rings (SSSR count). The smallest absolute Gasteiger partial charge is 0.391 e. The van der Waals surface area contributed by atoms with Gasteiger partial charge in [-0.2, -0.15) is 13.2 Å². The van der Waals surface area contributed by atoms with Crippen LogP contribution in [-0.4, -0.2) is 65.7 Å². The van der Waals surface area contributed by atoms with Crippen LogP contribution in [-0.2, 0) is 23.9 Å². The molecule has 0 spiro atoms. The van der Waals surface area contributed by atoms with Crippen LogP contribution in [0.15, 0.2) is 42.5 Å². The van der Waals surface area contributed by atoms with Gasteiger partial charge in [-0.1, -0.05) is 31.2 Å². The van der Waals surface area contributed by atoms with Crippen molar-refractivity contribution in [3.8, 4) is 0 Å². The van der Waals surface area contributed by atoms with E-state index in [1.54, 1.807) is 13.8 Å². The average molecular weight is 622 g/mol. The minimum absolute atomic E-state index is 0.0296. The Morgan fingerprint density at radius 1 is 0.932 bits per heavy atom. The number of halogens is 3. The molecule has 1 atom stereocenters. The van der Waals surface area contributed by atoms with Crippen LogP contribution in [0, 0.1) is 0 Å². The SMILES string of the molecule is CCc1ccc(CN(CCCCC(O)CNC(=O)CNC(=O)c2cc(C(F)(F)F)ccc2NC(=O)NC(C)C)C(C)C)cc1. The normalized spacial score (nSPS) is 12.4. The van der Waals surface area contributed by atoms with Gasteiger partial charge in [-0.25, -0.2) is 4.79 Å². The first-order valence-corrected chi connectivity index (χ1v) is 15.0. The monoisotopic (exact) mass is 621 g/mol. The van der Waals surface area contributed by atoms with Crippen molar-refractivity contribution in [1.29, 1.82) is 0 Å². The lowest BCUT2D eigenvalue weighted by molar-refractivity contribution is -0.137. The van der Waals surface area contributed by atoms with Gasteiger partial charge in [-0.3, -0.25) is 14.5 Å². The van der Waals surface area contributed by atoms with E-state index in [-0.39, 0.29) is 18.3 Å². The molecule has 4 amide bonds. The third-order valence-corrected chi connectivity index (χ3v) is 6.98. The Bertz CT molecular complexity index is 1220. The molecule has 0 heterocycles. The number of nitrogens with zero attached hydrogens (tertiary/aromatic N) is 1. The van der Waals surface area contributed by atoms with E-state index in [0.29, 0.717) is 18.5 Å². The van der Waals surface area contributed by atoms with Gasteiger partial charge in [0.05, 0.1) is 29.5 Å². The molecule has 0 saturated carbocycles. The summed E-state index contributed by atoms with van der Waals surface area (Å²) >= 11 is 0. The van der Waals surface area contributed by atoms with Crippen LogP contribution in [0.1, 0.15) is 80.9 Å². The lowest BCUT2D eigenvalue weighted by Crippen LogP contribution is -2.40. The van der Waals surface area contributed by atoms with Gasteiger partial charge >= 0.3 is 12.2 Å². The number of carbonyl (C=O) groups is 3. The van der Waals surface area contributed by atoms with Gasteiger partial charge in [0.15, 0.2) is 0 Å². The Labute approximate surface area is 258 Å². The Morgan fingerprint density at radius 2 is 1.59 bits per heavy atom. The van der Waals surface area contributed by atoms with Crippen molar-refractivity contribution in [3.05, 3.63) is 64.7 Å². The van der Waals surface area contributed by atoms with E-state index in [1.165, 1.54) is 11.1 Å². The number of benzene rings is 2. The van der Waals surface area contributed by atoms with E-state index >= 15 is 0 Å². The summed E-state index contributed by atoms with van der Waals surface area (Å²) in [5.41, 5.74) is 0.892. The van der Waals surface area contributed by atoms with Crippen molar-refractivity contribution in [2.45, 2.75) is 91.2 Å². The number of alkyl halides is 3. The number of hydrogen-bond donors (Lipinski definition) is 5. The zero-order chi connectivity index (χ0) is 32.9. The summed E-state index contributed by atoms with van der Waals surface area (Å²) in [5, 5.41) is 20.0. The molecular formula is C32H46F3N5O4. The number of carbonyl (C=O) groups excluding carboxylic acids is 3. The minimum Gasteiger partial charge on any atom is -0.391 e. The molecule has 0 aromatic heterocycles. The summed E-state index contributed by atoms with van der Waals surface area (Å²) in [5.74, 6) is -1.58. The molecule has 0 bridgehead atoms. The number of anilines is 1. The summed E-state index contributed by atoms with van der Waals surface area (Å²) in [6.07, 6.45) is -2.40. The zero-order valence-corrected chi connectivity index (χ0v) is 26.2. The van der Waals surface area contributed by atoms with Gasteiger partial charge in [0.1, 0.15) is 0 Å². The number of hydrogen-bond acceptors (Lipinski definition) is 5. The second-order valence-electron chi connectivity index (χ2n) is 11.4. The molecular weight excluding hydrogens is 575 g/mol. The maximum Gasteiger partial charge on any atom is 0.416 e. The van der Waals surface area contributed by atoms with E-state index < -0.39 is 47.8 Å². The largest absolute Gasteiger partial charge is 0.416 e. The highest BCUT2D eigenvalue weighted by Gasteiger charge is 2.32. The molecule has 12 heteroatoms. The third-order valence-electron chi connectivity index (χ3n) is 6.98. The number of urea groups is 1. The first kappa shape index (κ1) is 36.6. The number of rotatable bonds is 16. The van der Waals surface area contributed by atoms with Crippen molar-refractivity contribution in [2.75, 3.05) is 25.0 Å². The first-order chi connectivity index (χ1) is 20.7. The predicted octanol–water partition coefficient (Wildman–Crippen LogP) is 5.09. The molecule has 9 nitrogen and oxygen atoms in total. The molecule has 0 aliphatic carbocycles. The van der Waals surface area contributed by atoms with E-state index in [9.17, 15) is 32.7 Å². The van der Waals surface area contributed by atoms with Crippen LogP contribution in [0.3, 0.4) is 0 Å². The summed E-state index contributed by atoms with van der Waals surface area (Å²) in [7, 11) is 0. The topological polar surface area (TPSA) is 123 Å². The Morgan fingerprint density at radius 3 is 2.18 bits per heavy atom. The highest BCUT2D eigenvalue weighted by molar-refractivity contribution is 6.04. The van der Waals surface area contributed by atoms with Gasteiger partial charge < -0.3 is 26.4 Å². The van der Waals surface area contributed by atoms with Crippen molar-refractivity contribution >= 4 is 23.5 Å². The lowest BCUT2D eigenvalue weighted by Gasteiger charge is -2.27. The van der Waals surface area contributed by atoms with Crippen LogP contribution in [0.2, 0.25) is 0 Å². The van der Waals surface area contributed by atoms with Crippen molar-refractivity contribution in [3.63, 3.8) is 0 Å². The average Bonchev–Trinajstić information content (AvgIpc) is 2.95. The van der Waals surface area contributed by atoms with Crippen molar-refractivity contribution in [2.24, 2.45) is 0 Å². The fourth-order valence-electron chi connectivity index (χ4n) is 4.42. The number of aryl methyl sites for hydroxylation is 1. The highest BCUT2D eigenvalue weighted by Crippen LogP contribution is 2.32. The zero-order valence-electron chi connectivity index (χ0n) is 26.2. The quantitative estimate of drug-likeness (QED) is 0.167. The second kappa shape index (κ2) is 17.6. The van der Waals surface area contributed by atoms with E-state index in [0.717, 1.165) is 44.5 Å². The Balaban J connectivity index is 1.81. The molecule has 0 fully saturated rings. The third kappa shape index (κ3) is 12.9. The summed E-state index contributed by atoms with van der Waals surface area (Å²) in [6, 6.07) is 10.4. The van der Waals surface area contributed by atoms with Crippen LogP contribution in [0.25, 0.3) is 0 Å². The highest BCUT2D eigenvalue weighted by atomic mass is 19.4. The molecule has 44 heavy (non-hydrogen) atoms. The number of aliphatic hydroxyl groups is 1. The molecule has 1 unspecified atom stereocenters. The summed E-state index contributed by atoms with van der Waals surface area (Å²) in [4.78, 5) is 39.5.